The number of carbonyl (C=O) groups excluding carboxylic acids is 1. The average Bonchev–Trinajstić information content (AvgIpc) is 3.05. The number of nitrogens with one attached hydrogen (secondary N) is 2. The molecule has 0 saturated heterocycles. The van der Waals surface area contributed by atoms with Crippen LogP contribution in [0.3, 0.4) is 0 Å². The first-order chi connectivity index (χ1) is 8.72. The van der Waals surface area contributed by atoms with Gasteiger partial charge < -0.3 is 10.6 Å². The predicted octanol–water partition coefficient (Wildman–Crippen LogP) is 2.25. The van der Waals surface area contributed by atoms with E-state index in [1.165, 1.54) is 30.4 Å². The van der Waals surface area contributed by atoms with Crippen LogP contribution in [-0.4, -0.2) is 18.0 Å². The number of hydrogen-bond donors (Lipinski definition) is 2. The van der Waals surface area contributed by atoms with Crippen LogP contribution in [0.4, 0.5) is 5.69 Å². The average molecular weight is 244 g/mol. The highest BCUT2D eigenvalue weighted by Gasteiger charge is 2.25. The van der Waals surface area contributed by atoms with E-state index in [2.05, 4.69) is 28.8 Å². The molecule has 0 bridgehead atoms. The van der Waals surface area contributed by atoms with Crippen molar-refractivity contribution in [2.24, 2.45) is 0 Å². The fourth-order valence-corrected chi connectivity index (χ4v) is 2.53. The van der Waals surface area contributed by atoms with Crippen LogP contribution in [-0.2, 0) is 17.6 Å². The molecule has 1 saturated carbocycles. The van der Waals surface area contributed by atoms with Crippen LogP contribution < -0.4 is 10.6 Å². The zero-order chi connectivity index (χ0) is 12.5. The maximum Gasteiger partial charge on any atom is 0.242 e. The van der Waals surface area contributed by atoms with Crippen molar-refractivity contribution >= 4 is 11.6 Å². The standard InChI is InChI=1S/C15H20N2O/c1-10(15(18)17-13-7-8-13)16-14-6-5-11-3-2-4-12(11)9-14/h5-6,9-10,13,16H,2-4,7-8H2,1H3,(H,17,18). The quantitative estimate of drug-likeness (QED) is 0.853. The maximum atomic E-state index is 11.9. The summed E-state index contributed by atoms with van der Waals surface area (Å²) < 4.78 is 0. The fourth-order valence-electron chi connectivity index (χ4n) is 2.53. The molecular weight excluding hydrogens is 224 g/mol. The lowest BCUT2D eigenvalue weighted by Gasteiger charge is -2.15. The number of benzene rings is 1. The van der Waals surface area contributed by atoms with Gasteiger partial charge in [0.15, 0.2) is 0 Å². The highest BCUT2D eigenvalue weighted by molar-refractivity contribution is 5.84. The summed E-state index contributed by atoms with van der Waals surface area (Å²) in [5, 5.41) is 6.32. The van der Waals surface area contributed by atoms with Crippen LogP contribution in [0.15, 0.2) is 18.2 Å². The highest BCUT2D eigenvalue weighted by atomic mass is 16.2. The fraction of sp³-hybridized carbons (Fsp3) is 0.533. The number of aryl methyl sites for hydroxylation is 2. The second kappa shape index (κ2) is 4.63. The van der Waals surface area contributed by atoms with Crippen molar-refractivity contribution in [3.63, 3.8) is 0 Å². The van der Waals surface area contributed by atoms with E-state index in [1.807, 2.05) is 6.92 Å². The number of anilines is 1. The molecule has 0 aliphatic heterocycles. The highest BCUT2D eigenvalue weighted by Crippen LogP contribution is 2.25. The molecule has 1 fully saturated rings. The third kappa shape index (κ3) is 2.50. The van der Waals surface area contributed by atoms with Crippen molar-refractivity contribution < 1.29 is 4.79 Å². The third-order valence-electron chi connectivity index (χ3n) is 3.80. The number of fused-ring (bicyclic) bond motifs is 1. The van der Waals surface area contributed by atoms with E-state index in [1.54, 1.807) is 0 Å². The molecule has 0 aromatic heterocycles. The molecule has 3 heteroatoms. The first-order valence-corrected chi connectivity index (χ1v) is 6.91. The van der Waals surface area contributed by atoms with Crippen molar-refractivity contribution in [3.8, 4) is 0 Å². The first kappa shape index (κ1) is 11.6. The second-order valence-electron chi connectivity index (χ2n) is 5.49. The molecule has 2 aliphatic carbocycles. The van der Waals surface area contributed by atoms with Crippen LogP contribution in [0.2, 0.25) is 0 Å². The lowest BCUT2D eigenvalue weighted by Crippen LogP contribution is -2.38. The molecule has 18 heavy (non-hydrogen) atoms. The minimum atomic E-state index is -0.162. The molecule has 96 valence electrons. The van der Waals surface area contributed by atoms with E-state index in [4.69, 9.17) is 0 Å². The van der Waals surface area contributed by atoms with Gasteiger partial charge in [0.25, 0.3) is 0 Å². The summed E-state index contributed by atoms with van der Waals surface area (Å²) in [6.45, 7) is 1.92. The zero-order valence-electron chi connectivity index (χ0n) is 10.8. The Kier molecular flexibility index (Phi) is 2.98. The molecule has 1 amide bonds. The summed E-state index contributed by atoms with van der Waals surface area (Å²) >= 11 is 0. The van der Waals surface area contributed by atoms with Crippen LogP contribution in [0.5, 0.6) is 0 Å². The van der Waals surface area contributed by atoms with E-state index in [9.17, 15) is 4.79 Å². The molecule has 1 atom stereocenters. The Bertz CT molecular complexity index is 466. The Morgan fingerprint density at radius 3 is 2.83 bits per heavy atom. The van der Waals surface area contributed by atoms with Crippen molar-refractivity contribution in [1.82, 2.24) is 5.32 Å². The number of rotatable bonds is 4. The van der Waals surface area contributed by atoms with Gasteiger partial charge in [0.1, 0.15) is 6.04 Å². The van der Waals surface area contributed by atoms with E-state index in [0.29, 0.717) is 6.04 Å². The number of amides is 1. The second-order valence-corrected chi connectivity index (χ2v) is 5.49. The van der Waals surface area contributed by atoms with Gasteiger partial charge >= 0.3 is 0 Å². The van der Waals surface area contributed by atoms with Gasteiger partial charge in [0.2, 0.25) is 5.91 Å². The Balaban J connectivity index is 1.62. The molecule has 1 aromatic rings. The van der Waals surface area contributed by atoms with Gasteiger partial charge in [-0.2, -0.15) is 0 Å². The molecule has 3 rings (SSSR count). The van der Waals surface area contributed by atoms with Crippen LogP contribution in [0.1, 0.15) is 37.3 Å². The van der Waals surface area contributed by atoms with Crippen molar-refractivity contribution in [3.05, 3.63) is 29.3 Å². The van der Waals surface area contributed by atoms with Crippen LogP contribution in [0.25, 0.3) is 0 Å². The maximum absolute atomic E-state index is 11.9. The Morgan fingerprint density at radius 2 is 2.06 bits per heavy atom. The largest absolute Gasteiger partial charge is 0.374 e. The zero-order valence-corrected chi connectivity index (χ0v) is 10.8. The molecular formula is C15H20N2O. The summed E-state index contributed by atoms with van der Waals surface area (Å²) in [5.74, 6) is 0.109. The molecule has 2 N–H and O–H groups in total. The van der Waals surface area contributed by atoms with E-state index >= 15 is 0 Å². The lowest BCUT2D eigenvalue weighted by atomic mass is 10.1. The molecule has 1 unspecified atom stereocenters. The summed E-state index contributed by atoms with van der Waals surface area (Å²) in [4.78, 5) is 11.9. The van der Waals surface area contributed by atoms with Crippen molar-refractivity contribution in [2.75, 3.05) is 5.32 Å². The van der Waals surface area contributed by atoms with Gasteiger partial charge in [-0.15, -0.1) is 0 Å². The summed E-state index contributed by atoms with van der Waals surface area (Å²) in [6, 6.07) is 6.75. The molecule has 2 aliphatic rings. The van der Waals surface area contributed by atoms with E-state index in [-0.39, 0.29) is 11.9 Å². The molecule has 0 radical (unpaired) electrons. The minimum absolute atomic E-state index is 0.109. The smallest absolute Gasteiger partial charge is 0.242 e. The minimum Gasteiger partial charge on any atom is -0.374 e. The van der Waals surface area contributed by atoms with E-state index in [0.717, 1.165) is 18.5 Å². The first-order valence-electron chi connectivity index (χ1n) is 6.91. The molecule has 3 nitrogen and oxygen atoms in total. The van der Waals surface area contributed by atoms with E-state index < -0.39 is 0 Å². The monoisotopic (exact) mass is 244 g/mol. The van der Waals surface area contributed by atoms with Gasteiger partial charge in [0, 0.05) is 11.7 Å². The van der Waals surface area contributed by atoms with Gasteiger partial charge in [-0.05, 0) is 62.3 Å². The Labute approximate surface area is 108 Å². The van der Waals surface area contributed by atoms with Crippen LogP contribution in [0, 0.1) is 0 Å². The summed E-state index contributed by atoms with van der Waals surface area (Å²) in [7, 11) is 0. The van der Waals surface area contributed by atoms with Crippen molar-refractivity contribution in [2.45, 2.75) is 51.1 Å². The van der Waals surface area contributed by atoms with Crippen molar-refractivity contribution in [1.29, 1.82) is 0 Å². The summed E-state index contributed by atoms with van der Waals surface area (Å²) in [5.41, 5.74) is 3.97. The topological polar surface area (TPSA) is 41.1 Å². The third-order valence-corrected chi connectivity index (χ3v) is 3.80. The van der Waals surface area contributed by atoms with Gasteiger partial charge in [0.05, 0.1) is 0 Å². The van der Waals surface area contributed by atoms with Gasteiger partial charge in [-0.25, -0.2) is 0 Å². The lowest BCUT2D eigenvalue weighted by molar-refractivity contribution is -0.121. The Morgan fingerprint density at radius 1 is 1.28 bits per heavy atom. The number of hydrogen-bond acceptors (Lipinski definition) is 2. The SMILES string of the molecule is CC(Nc1ccc2c(c1)CCC2)C(=O)NC1CC1. The van der Waals surface area contributed by atoms with Gasteiger partial charge in [-0.3, -0.25) is 4.79 Å². The van der Waals surface area contributed by atoms with Crippen LogP contribution >= 0.6 is 0 Å². The van der Waals surface area contributed by atoms with Gasteiger partial charge in [-0.1, -0.05) is 6.07 Å². The molecule has 1 aromatic carbocycles. The normalized spacial score (nSPS) is 19.2. The number of carbonyl (C=O) groups is 1. The summed E-state index contributed by atoms with van der Waals surface area (Å²) in [6.07, 6.45) is 5.91. The molecule has 0 spiro atoms. The Hall–Kier alpha value is -1.51. The predicted molar refractivity (Wildman–Crippen MR) is 72.7 cm³/mol. The molecule has 0 heterocycles.